The van der Waals surface area contributed by atoms with Crippen LogP contribution in [0.1, 0.15) is 48.0 Å². The van der Waals surface area contributed by atoms with E-state index in [9.17, 15) is 38.7 Å². The average molecular weight is 593 g/mol. The maximum atomic E-state index is 12.9. The molecule has 1 aliphatic rings. The van der Waals surface area contributed by atoms with E-state index in [2.05, 4.69) is 10.6 Å². The average Bonchev–Trinajstić information content (AvgIpc) is 2.83. The Morgan fingerprint density at radius 3 is 1.76 bits per heavy atom. The summed E-state index contributed by atoms with van der Waals surface area (Å²) < 4.78 is 31.6. The van der Waals surface area contributed by atoms with Crippen LogP contribution in [-0.2, 0) is 57.2 Å². The van der Waals surface area contributed by atoms with E-state index in [1.165, 1.54) is 0 Å². The number of carbonyl (C=O) groups is 7. The molecule has 0 saturated carbocycles. The summed E-state index contributed by atoms with van der Waals surface area (Å²) in [7, 11) is 0. The number of carbonyl (C=O) groups excluding carboxylic acids is 6. The Kier molecular flexibility index (Phi) is 13.9. The van der Waals surface area contributed by atoms with Crippen molar-refractivity contribution >= 4 is 41.8 Å². The molecule has 0 radical (unpaired) electrons. The fourth-order valence-electron chi connectivity index (χ4n) is 3.73. The first-order valence-electron chi connectivity index (χ1n) is 12.5. The lowest BCUT2D eigenvalue weighted by atomic mass is 9.98. The first-order chi connectivity index (χ1) is 19.0. The van der Waals surface area contributed by atoms with Crippen LogP contribution < -0.4 is 10.6 Å². The van der Waals surface area contributed by atoms with Crippen LogP contribution in [0.5, 0.6) is 0 Å². The quantitative estimate of drug-likeness (QED) is 0.145. The van der Waals surface area contributed by atoms with E-state index >= 15 is 0 Å². The number of aliphatic carboxylic acids is 1. The van der Waals surface area contributed by atoms with Crippen LogP contribution in [-0.4, -0.2) is 108 Å². The van der Waals surface area contributed by atoms with Gasteiger partial charge in [-0.2, -0.15) is 0 Å². The maximum absolute atomic E-state index is 12.9. The lowest BCUT2D eigenvalue weighted by molar-refractivity contribution is -0.294. The van der Waals surface area contributed by atoms with Crippen molar-refractivity contribution in [1.82, 2.24) is 10.6 Å². The molecule has 0 spiro atoms. The van der Waals surface area contributed by atoms with E-state index in [4.69, 9.17) is 33.5 Å². The van der Waals surface area contributed by atoms with Gasteiger partial charge in [-0.1, -0.05) is 13.8 Å². The minimum absolute atomic E-state index is 0.0112. The molecule has 2 amide bonds. The van der Waals surface area contributed by atoms with Gasteiger partial charge in [0.15, 0.2) is 12.2 Å². The maximum Gasteiger partial charge on any atom is 0.410 e. The van der Waals surface area contributed by atoms with E-state index in [1.54, 1.807) is 13.8 Å². The summed E-state index contributed by atoms with van der Waals surface area (Å²) in [5, 5.41) is 22.7. The molecule has 1 heterocycles. The van der Waals surface area contributed by atoms with Crippen LogP contribution in [0.15, 0.2) is 0 Å². The zero-order valence-corrected chi connectivity index (χ0v) is 23.4. The van der Waals surface area contributed by atoms with Gasteiger partial charge in [-0.05, 0) is 12.3 Å². The molecule has 0 bridgehead atoms. The van der Waals surface area contributed by atoms with Gasteiger partial charge in [0, 0.05) is 27.7 Å². The number of esters is 4. The van der Waals surface area contributed by atoms with Gasteiger partial charge in [-0.3, -0.25) is 24.0 Å². The molecule has 17 nitrogen and oxygen atoms in total. The zero-order valence-electron chi connectivity index (χ0n) is 23.4. The summed E-state index contributed by atoms with van der Waals surface area (Å²) in [6.07, 6.45) is -9.28. The molecule has 1 saturated heterocycles. The molecule has 232 valence electrons. The number of aliphatic hydroxyl groups is 1. The van der Waals surface area contributed by atoms with Crippen LogP contribution in [0.4, 0.5) is 4.79 Å². The van der Waals surface area contributed by atoms with Crippen LogP contribution in [0.25, 0.3) is 0 Å². The lowest BCUT2D eigenvalue weighted by Gasteiger charge is -2.43. The van der Waals surface area contributed by atoms with E-state index in [0.29, 0.717) is 0 Å². The highest BCUT2D eigenvalue weighted by Gasteiger charge is 2.54. The molecule has 17 heteroatoms. The minimum atomic E-state index is -1.84. The second-order valence-corrected chi connectivity index (χ2v) is 9.38. The summed E-state index contributed by atoms with van der Waals surface area (Å²) in [6, 6.07) is -2.99. The molecule has 0 aromatic rings. The number of carboxylic acid groups (broad SMARTS) is 1. The van der Waals surface area contributed by atoms with Gasteiger partial charge in [0.2, 0.25) is 18.3 Å². The number of amides is 2. The van der Waals surface area contributed by atoms with Crippen LogP contribution >= 0.6 is 0 Å². The van der Waals surface area contributed by atoms with Crippen molar-refractivity contribution in [1.29, 1.82) is 0 Å². The number of hydrogen-bond acceptors (Lipinski definition) is 14. The Labute approximate surface area is 235 Å². The third-order valence-corrected chi connectivity index (χ3v) is 5.28. The Balaban J connectivity index is 3.34. The van der Waals surface area contributed by atoms with Crippen LogP contribution in [0.2, 0.25) is 0 Å². The molecule has 0 unspecified atom stereocenters. The molecule has 7 atom stereocenters. The van der Waals surface area contributed by atoms with Crippen LogP contribution in [0.3, 0.4) is 0 Å². The highest BCUT2D eigenvalue weighted by Crippen LogP contribution is 2.30. The van der Waals surface area contributed by atoms with Crippen molar-refractivity contribution in [3.63, 3.8) is 0 Å². The molecule has 41 heavy (non-hydrogen) atoms. The highest BCUT2D eigenvalue weighted by molar-refractivity contribution is 5.89. The number of nitrogens with one attached hydrogen (secondary N) is 2. The number of carboxylic acids is 1. The summed E-state index contributed by atoms with van der Waals surface area (Å²) in [5.41, 5.74) is 0. The molecule has 1 fully saturated rings. The van der Waals surface area contributed by atoms with Gasteiger partial charge in [-0.15, -0.1) is 0 Å². The van der Waals surface area contributed by atoms with E-state index < -0.39 is 97.9 Å². The summed E-state index contributed by atoms with van der Waals surface area (Å²) in [6.45, 7) is 6.09. The topological polar surface area (TPSA) is 239 Å². The first-order valence-corrected chi connectivity index (χ1v) is 12.5. The third-order valence-electron chi connectivity index (χ3n) is 5.28. The van der Waals surface area contributed by atoms with Crippen molar-refractivity contribution in [2.24, 2.45) is 5.92 Å². The van der Waals surface area contributed by atoms with Gasteiger partial charge < -0.3 is 49.3 Å². The SMILES string of the molecule is CC(=O)OC[C@H]1O[C@@H](OC(=O)N[C@@H](CC(C)C)C(=O)N[C@@H](CO)C(=O)O)[C@H](OC(C)=O)[C@@H](OC(C)=O)[C@H]1OC(C)=O. The van der Waals surface area contributed by atoms with Crippen LogP contribution in [0, 0.1) is 5.92 Å². The Morgan fingerprint density at radius 1 is 0.756 bits per heavy atom. The largest absolute Gasteiger partial charge is 0.480 e. The summed E-state index contributed by atoms with van der Waals surface area (Å²) >= 11 is 0. The first kappa shape index (κ1) is 35.0. The van der Waals surface area contributed by atoms with Gasteiger partial charge >= 0.3 is 35.9 Å². The van der Waals surface area contributed by atoms with Gasteiger partial charge in [0.05, 0.1) is 6.61 Å². The molecular formula is C24H36N2O15. The number of rotatable bonds is 13. The molecular weight excluding hydrogens is 556 g/mol. The van der Waals surface area contributed by atoms with Gasteiger partial charge in [0.25, 0.3) is 0 Å². The number of alkyl carbamates (subject to hydrolysis) is 1. The fourth-order valence-corrected chi connectivity index (χ4v) is 3.73. The van der Waals surface area contributed by atoms with Crippen molar-refractivity contribution in [3.8, 4) is 0 Å². The standard InChI is InChI=1S/C24H36N2O15/c1-10(2)7-15(21(32)25-16(8-27)22(33)34)26-24(35)41-23-20(39-14(6)31)19(38-13(5)30)18(37-12(4)29)17(40-23)9-36-11(3)28/h10,15-20,23,27H,7-9H2,1-6H3,(H,25,32)(H,26,35)(H,33,34)/t15-,16-,17+,18-,19-,20+,23-/m0/s1. The summed E-state index contributed by atoms with van der Waals surface area (Å²) in [4.78, 5) is 83.9. The second kappa shape index (κ2) is 16.3. The zero-order chi connectivity index (χ0) is 31.4. The highest BCUT2D eigenvalue weighted by atomic mass is 16.8. The van der Waals surface area contributed by atoms with E-state index in [1.807, 2.05) is 0 Å². The predicted octanol–water partition coefficient (Wildman–Crippen LogP) is -1.23. The molecule has 0 aliphatic carbocycles. The summed E-state index contributed by atoms with van der Waals surface area (Å²) in [5.74, 6) is -6.07. The minimum Gasteiger partial charge on any atom is -0.480 e. The molecule has 0 aromatic carbocycles. The van der Waals surface area contributed by atoms with Crippen molar-refractivity contribution < 1.29 is 72.2 Å². The molecule has 0 aromatic heterocycles. The fraction of sp³-hybridized carbons (Fsp3) is 0.708. The normalized spacial score (nSPS) is 23.3. The predicted molar refractivity (Wildman–Crippen MR) is 131 cm³/mol. The number of hydrogen-bond donors (Lipinski definition) is 4. The lowest BCUT2D eigenvalue weighted by Crippen LogP contribution is -2.63. The van der Waals surface area contributed by atoms with Crippen molar-refractivity contribution in [3.05, 3.63) is 0 Å². The van der Waals surface area contributed by atoms with Gasteiger partial charge in [0.1, 0.15) is 24.8 Å². The van der Waals surface area contributed by atoms with Crippen molar-refractivity contribution in [2.75, 3.05) is 13.2 Å². The van der Waals surface area contributed by atoms with Crippen molar-refractivity contribution in [2.45, 2.75) is 90.8 Å². The molecule has 4 N–H and O–H groups in total. The number of aliphatic hydroxyl groups excluding tert-OH is 1. The smallest absolute Gasteiger partial charge is 0.410 e. The van der Waals surface area contributed by atoms with E-state index in [0.717, 1.165) is 27.7 Å². The Morgan fingerprint density at radius 2 is 1.29 bits per heavy atom. The molecule has 1 rings (SSSR count). The third kappa shape index (κ3) is 12.0. The second-order valence-electron chi connectivity index (χ2n) is 9.38. The monoisotopic (exact) mass is 592 g/mol. The van der Waals surface area contributed by atoms with Gasteiger partial charge in [-0.25, -0.2) is 9.59 Å². The Hall–Kier alpha value is -3.99. The number of ether oxygens (including phenoxy) is 6. The Bertz CT molecular complexity index is 984. The molecule has 1 aliphatic heterocycles. The van der Waals surface area contributed by atoms with E-state index in [-0.39, 0.29) is 12.3 Å².